The van der Waals surface area contributed by atoms with E-state index in [-0.39, 0.29) is 0 Å². The van der Waals surface area contributed by atoms with E-state index in [9.17, 15) is 0 Å². The van der Waals surface area contributed by atoms with Gasteiger partial charge in [-0.2, -0.15) is 11.3 Å². The van der Waals surface area contributed by atoms with E-state index in [1.54, 1.807) is 25.5 Å². The zero-order chi connectivity index (χ0) is 11.4. The van der Waals surface area contributed by atoms with Crippen LogP contribution in [-0.4, -0.2) is 24.1 Å². The van der Waals surface area contributed by atoms with Crippen LogP contribution >= 0.6 is 11.3 Å². The van der Waals surface area contributed by atoms with Crippen molar-refractivity contribution in [1.29, 1.82) is 0 Å². The van der Waals surface area contributed by atoms with E-state index in [0.717, 1.165) is 5.69 Å². The highest BCUT2D eigenvalue weighted by Crippen LogP contribution is 2.31. The Kier molecular flexibility index (Phi) is 3.21. The van der Waals surface area contributed by atoms with Crippen LogP contribution in [0.3, 0.4) is 0 Å². The van der Waals surface area contributed by atoms with Crippen LogP contribution in [0, 0.1) is 0 Å². The second-order valence-electron chi connectivity index (χ2n) is 2.99. The molecule has 0 aliphatic carbocycles. The predicted molar refractivity (Wildman–Crippen MR) is 65.7 cm³/mol. The first-order valence-corrected chi connectivity index (χ1v) is 5.65. The van der Waals surface area contributed by atoms with Gasteiger partial charge in [0.05, 0.1) is 12.8 Å². The smallest absolute Gasteiger partial charge is 0.204 e. The maximum atomic E-state index is 5.27. The van der Waals surface area contributed by atoms with E-state index in [0.29, 0.717) is 17.4 Å². The molecule has 2 aromatic rings. The van der Waals surface area contributed by atoms with Crippen molar-refractivity contribution in [2.24, 2.45) is 0 Å². The van der Waals surface area contributed by atoms with Crippen LogP contribution in [0.2, 0.25) is 0 Å². The standard InChI is InChI=1S/C10H12N4OS/c1-11-9-8(15-2)10(13-6-12-9)14-7-3-4-16-5-7/h3-6H,1-2H3,(H2,11,12,13,14). The Morgan fingerprint density at radius 2 is 2.12 bits per heavy atom. The molecule has 2 N–H and O–H groups in total. The Hall–Kier alpha value is -1.82. The van der Waals surface area contributed by atoms with Gasteiger partial charge >= 0.3 is 0 Å². The number of rotatable bonds is 4. The fourth-order valence-corrected chi connectivity index (χ4v) is 1.89. The molecule has 2 rings (SSSR count). The first-order chi connectivity index (χ1) is 7.85. The Bertz CT molecular complexity index is 458. The molecule has 6 heteroatoms. The van der Waals surface area contributed by atoms with Gasteiger partial charge in [0, 0.05) is 12.4 Å². The summed E-state index contributed by atoms with van der Waals surface area (Å²) in [6, 6.07) is 1.98. The van der Waals surface area contributed by atoms with Crippen molar-refractivity contribution in [2.45, 2.75) is 0 Å². The summed E-state index contributed by atoms with van der Waals surface area (Å²) in [7, 11) is 3.39. The minimum Gasteiger partial charge on any atom is -0.490 e. The molecule has 0 amide bonds. The van der Waals surface area contributed by atoms with Crippen molar-refractivity contribution < 1.29 is 4.74 Å². The van der Waals surface area contributed by atoms with E-state index in [1.165, 1.54) is 6.33 Å². The van der Waals surface area contributed by atoms with Crippen molar-refractivity contribution in [3.63, 3.8) is 0 Å². The Morgan fingerprint density at radius 1 is 1.31 bits per heavy atom. The Morgan fingerprint density at radius 3 is 2.75 bits per heavy atom. The highest BCUT2D eigenvalue weighted by Gasteiger charge is 2.10. The molecule has 0 fully saturated rings. The number of ether oxygens (including phenoxy) is 1. The number of nitrogens with one attached hydrogen (secondary N) is 2. The number of aromatic nitrogens is 2. The lowest BCUT2D eigenvalue weighted by Crippen LogP contribution is -2.02. The van der Waals surface area contributed by atoms with Gasteiger partial charge in [-0.15, -0.1) is 0 Å². The fourth-order valence-electron chi connectivity index (χ4n) is 1.31. The molecule has 0 saturated heterocycles. The molecule has 0 atom stereocenters. The lowest BCUT2D eigenvalue weighted by Gasteiger charge is -2.11. The molecule has 84 valence electrons. The SMILES string of the molecule is CNc1ncnc(Nc2ccsc2)c1OC. The summed E-state index contributed by atoms with van der Waals surface area (Å²) in [5.41, 5.74) is 0.990. The van der Waals surface area contributed by atoms with Crippen LogP contribution in [0.5, 0.6) is 5.75 Å². The number of hydrogen-bond acceptors (Lipinski definition) is 6. The number of hydrogen-bond donors (Lipinski definition) is 2. The van der Waals surface area contributed by atoms with Crippen molar-refractivity contribution in [3.05, 3.63) is 23.2 Å². The first kappa shape index (κ1) is 10.7. The lowest BCUT2D eigenvalue weighted by atomic mass is 10.4. The number of methoxy groups -OCH3 is 1. The van der Waals surface area contributed by atoms with Crippen LogP contribution in [-0.2, 0) is 0 Å². The van der Waals surface area contributed by atoms with E-state index < -0.39 is 0 Å². The highest BCUT2D eigenvalue weighted by molar-refractivity contribution is 7.08. The Balaban J connectivity index is 2.33. The van der Waals surface area contributed by atoms with Gasteiger partial charge in [0.2, 0.25) is 5.75 Å². The van der Waals surface area contributed by atoms with Crippen molar-refractivity contribution in [2.75, 3.05) is 24.8 Å². The van der Waals surface area contributed by atoms with Crippen LogP contribution < -0.4 is 15.4 Å². The Labute approximate surface area is 97.5 Å². The van der Waals surface area contributed by atoms with Gasteiger partial charge in [0.25, 0.3) is 0 Å². The fraction of sp³-hybridized carbons (Fsp3) is 0.200. The summed E-state index contributed by atoms with van der Waals surface area (Å²) in [5, 5.41) is 10.1. The summed E-state index contributed by atoms with van der Waals surface area (Å²) in [4.78, 5) is 8.22. The zero-order valence-corrected chi connectivity index (χ0v) is 9.84. The molecule has 16 heavy (non-hydrogen) atoms. The molecule has 2 aromatic heterocycles. The number of anilines is 3. The summed E-state index contributed by atoms with van der Waals surface area (Å²) in [6.07, 6.45) is 1.49. The third-order valence-electron chi connectivity index (χ3n) is 2.03. The van der Waals surface area contributed by atoms with Gasteiger partial charge in [0.1, 0.15) is 6.33 Å². The molecule has 0 bridgehead atoms. The molecule has 0 unspecified atom stereocenters. The summed E-state index contributed by atoms with van der Waals surface area (Å²) in [5.74, 6) is 1.92. The third-order valence-corrected chi connectivity index (χ3v) is 2.71. The molecule has 0 spiro atoms. The van der Waals surface area contributed by atoms with Gasteiger partial charge in [0.15, 0.2) is 11.6 Å². The third kappa shape index (κ3) is 2.06. The quantitative estimate of drug-likeness (QED) is 0.853. The second-order valence-corrected chi connectivity index (χ2v) is 3.77. The minimum absolute atomic E-state index is 0.608. The van der Waals surface area contributed by atoms with Gasteiger partial charge in [-0.25, -0.2) is 9.97 Å². The van der Waals surface area contributed by atoms with E-state index in [2.05, 4.69) is 20.6 Å². The average molecular weight is 236 g/mol. The molecular formula is C10H12N4OS. The van der Waals surface area contributed by atoms with Crippen LogP contribution in [0.15, 0.2) is 23.2 Å². The molecule has 0 aromatic carbocycles. The largest absolute Gasteiger partial charge is 0.490 e. The van der Waals surface area contributed by atoms with E-state index in [1.807, 2.05) is 16.8 Å². The first-order valence-electron chi connectivity index (χ1n) is 4.71. The molecule has 2 heterocycles. The minimum atomic E-state index is 0.608. The van der Waals surface area contributed by atoms with Gasteiger partial charge < -0.3 is 15.4 Å². The van der Waals surface area contributed by atoms with E-state index >= 15 is 0 Å². The highest BCUT2D eigenvalue weighted by atomic mass is 32.1. The maximum Gasteiger partial charge on any atom is 0.204 e. The lowest BCUT2D eigenvalue weighted by molar-refractivity contribution is 0.415. The molecule has 0 aliphatic rings. The number of thiophene rings is 1. The normalized spacial score (nSPS) is 9.88. The predicted octanol–water partition coefficient (Wildman–Crippen LogP) is 2.33. The average Bonchev–Trinajstić information content (AvgIpc) is 2.81. The molecule has 0 aliphatic heterocycles. The van der Waals surface area contributed by atoms with Gasteiger partial charge in [-0.1, -0.05) is 0 Å². The summed E-state index contributed by atoms with van der Waals surface area (Å²) in [6.45, 7) is 0. The van der Waals surface area contributed by atoms with Crippen LogP contribution in [0.1, 0.15) is 0 Å². The molecular weight excluding hydrogens is 224 g/mol. The van der Waals surface area contributed by atoms with Crippen LogP contribution in [0.4, 0.5) is 17.3 Å². The number of nitrogens with zero attached hydrogens (tertiary/aromatic N) is 2. The van der Waals surface area contributed by atoms with Crippen molar-refractivity contribution >= 4 is 28.7 Å². The van der Waals surface area contributed by atoms with Crippen molar-refractivity contribution in [3.8, 4) is 5.75 Å². The molecule has 0 radical (unpaired) electrons. The molecule has 5 nitrogen and oxygen atoms in total. The summed E-state index contributed by atoms with van der Waals surface area (Å²) >= 11 is 1.62. The zero-order valence-electron chi connectivity index (χ0n) is 9.02. The van der Waals surface area contributed by atoms with Crippen LogP contribution in [0.25, 0.3) is 0 Å². The second kappa shape index (κ2) is 4.80. The van der Waals surface area contributed by atoms with Gasteiger partial charge in [-0.3, -0.25) is 0 Å². The van der Waals surface area contributed by atoms with Crippen molar-refractivity contribution in [1.82, 2.24) is 9.97 Å². The van der Waals surface area contributed by atoms with E-state index in [4.69, 9.17) is 4.74 Å². The summed E-state index contributed by atoms with van der Waals surface area (Å²) < 4.78 is 5.27. The molecule has 0 saturated carbocycles. The monoisotopic (exact) mass is 236 g/mol. The topological polar surface area (TPSA) is 59.1 Å². The van der Waals surface area contributed by atoms with Gasteiger partial charge in [-0.05, 0) is 11.4 Å². The maximum absolute atomic E-state index is 5.27.